The summed E-state index contributed by atoms with van der Waals surface area (Å²) in [4.78, 5) is 13.3. The minimum Gasteiger partial charge on any atom is -0.332 e. The maximum absolute atomic E-state index is 11.3. The number of thioether (sulfide) groups is 1. The quantitative estimate of drug-likeness (QED) is 0.716. The minimum atomic E-state index is 0.280. The van der Waals surface area contributed by atoms with Crippen LogP contribution in [0.1, 0.15) is 12.8 Å². The molecule has 0 aromatic heterocycles. The first kappa shape index (κ1) is 8.88. The standard InChI is InChI=1S/C8H12BrNOS/c9-5-8(1-2-8)6-10-3-4-12-7(10)11/h1-6H2. The fraction of sp³-hybridized carbons (Fsp3) is 0.875. The number of carbonyl (C=O) groups is 1. The minimum absolute atomic E-state index is 0.280. The first-order chi connectivity index (χ1) is 5.76. The Balaban J connectivity index is 1.90. The third-order valence-electron chi connectivity index (χ3n) is 2.61. The van der Waals surface area contributed by atoms with Crippen molar-refractivity contribution in [1.82, 2.24) is 4.90 Å². The molecule has 1 amide bonds. The molecule has 2 rings (SSSR count). The number of rotatable bonds is 3. The number of hydrogen-bond acceptors (Lipinski definition) is 2. The van der Waals surface area contributed by atoms with Crippen LogP contribution >= 0.6 is 27.7 Å². The molecule has 0 unspecified atom stereocenters. The van der Waals surface area contributed by atoms with Crippen LogP contribution in [0.5, 0.6) is 0 Å². The van der Waals surface area contributed by atoms with Crippen LogP contribution in [-0.4, -0.2) is 34.3 Å². The van der Waals surface area contributed by atoms with Crippen molar-refractivity contribution < 1.29 is 4.79 Å². The summed E-state index contributed by atoms with van der Waals surface area (Å²) in [6.45, 7) is 1.93. The van der Waals surface area contributed by atoms with E-state index in [0.717, 1.165) is 24.2 Å². The second kappa shape index (κ2) is 3.22. The van der Waals surface area contributed by atoms with Crippen molar-refractivity contribution >= 4 is 32.9 Å². The van der Waals surface area contributed by atoms with Crippen LogP contribution in [-0.2, 0) is 0 Å². The third-order valence-corrected chi connectivity index (χ3v) is 4.69. The molecule has 0 aromatic rings. The van der Waals surface area contributed by atoms with E-state index in [1.807, 2.05) is 4.90 Å². The lowest BCUT2D eigenvalue weighted by Gasteiger charge is -2.20. The number of carbonyl (C=O) groups excluding carboxylic acids is 1. The molecule has 0 spiro atoms. The van der Waals surface area contributed by atoms with Crippen LogP contribution in [0.15, 0.2) is 0 Å². The highest BCUT2D eigenvalue weighted by molar-refractivity contribution is 9.09. The van der Waals surface area contributed by atoms with E-state index < -0.39 is 0 Å². The average Bonchev–Trinajstić information content (AvgIpc) is 2.74. The molecule has 0 atom stereocenters. The van der Waals surface area contributed by atoms with Crippen LogP contribution in [0.25, 0.3) is 0 Å². The van der Waals surface area contributed by atoms with Gasteiger partial charge in [-0.25, -0.2) is 0 Å². The lowest BCUT2D eigenvalue weighted by Crippen LogP contribution is -2.31. The van der Waals surface area contributed by atoms with Gasteiger partial charge in [-0.3, -0.25) is 4.79 Å². The fourth-order valence-corrected chi connectivity index (χ4v) is 3.05. The maximum Gasteiger partial charge on any atom is 0.281 e. The Morgan fingerprint density at radius 2 is 2.33 bits per heavy atom. The maximum atomic E-state index is 11.3. The van der Waals surface area contributed by atoms with Crippen molar-refractivity contribution in [1.29, 1.82) is 0 Å². The third kappa shape index (κ3) is 1.64. The van der Waals surface area contributed by atoms with E-state index in [-0.39, 0.29) is 5.24 Å². The molecule has 1 saturated carbocycles. The van der Waals surface area contributed by atoms with E-state index in [9.17, 15) is 4.79 Å². The van der Waals surface area contributed by atoms with Crippen LogP contribution in [0.2, 0.25) is 0 Å². The summed E-state index contributed by atoms with van der Waals surface area (Å²) in [7, 11) is 0. The largest absolute Gasteiger partial charge is 0.332 e. The van der Waals surface area contributed by atoms with Gasteiger partial charge in [0.2, 0.25) is 0 Å². The summed E-state index contributed by atoms with van der Waals surface area (Å²) >= 11 is 4.97. The normalized spacial score (nSPS) is 26.4. The molecule has 2 fully saturated rings. The molecular weight excluding hydrogens is 238 g/mol. The summed E-state index contributed by atoms with van der Waals surface area (Å²) in [5.41, 5.74) is 0.445. The van der Waals surface area contributed by atoms with Gasteiger partial charge in [0.1, 0.15) is 0 Å². The van der Waals surface area contributed by atoms with Gasteiger partial charge in [0.05, 0.1) is 0 Å². The topological polar surface area (TPSA) is 20.3 Å². The summed E-state index contributed by atoms with van der Waals surface area (Å²) < 4.78 is 0. The number of alkyl halides is 1. The highest BCUT2D eigenvalue weighted by atomic mass is 79.9. The molecule has 1 heterocycles. The van der Waals surface area contributed by atoms with E-state index >= 15 is 0 Å². The summed E-state index contributed by atoms with van der Waals surface area (Å²) in [5.74, 6) is 0.983. The van der Waals surface area contributed by atoms with Gasteiger partial charge in [-0.2, -0.15) is 0 Å². The zero-order chi connectivity index (χ0) is 8.60. The molecule has 1 saturated heterocycles. The molecule has 4 heteroatoms. The Bertz CT molecular complexity index is 205. The molecule has 2 aliphatic rings. The number of halogens is 1. The smallest absolute Gasteiger partial charge is 0.281 e. The van der Waals surface area contributed by atoms with Gasteiger partial charge in [-0.05, 0) is 18.3 Å². The fourth-order valence-electron chi connectivity index (χ4n) is 1.48. The zero-order valence-electron chi connectivity index (χ0n) is 6.88. The Hall–Kier alpha value is 0.300. The Morgan fingerprint density at radius 3 is 2.75 bits per heavy atom. The van der Waals surface area contributed by atoms with E-state index in [0.29, 0.717) is 5.41 Å². The monoisotopic (exact) mass is 249 g/mol. The molecule has 0 bridgehead atoms. The molecule has 0 aromatic carbocycles. The highest BCUT2D eigenvalue weighted by Gasteiger charge is 2.44. The van der Waals surface area contributed by atoms with Gasteiger partial charge >= 0.3 is 0 Å². The van der Waals surface area contributed by atoms with Gasteiger partial charge in [-0.1, -0.05) is 27.7 Å². The molecule has 0 N–H and O–H groups in total. The van der Waals surface area contributed by atoms with Crippen LogP contribution in [0, 0.1) is 5.41 Å². The van der Waals surface area contributed by atoms with Gasteiger partial charge in [0.15, 0.2) is 0 Å². The molecule has 68 valence electrons. The van der Waals surface area contributed by atoms with Crippen LogP contribution in [0.4, 0.5) is 4.79 Å². The Kier molecular flexibility index (Phi) is 2.38. The van der Waals surface area contributed by atoms with Gasteiger partial charge in [0, 0.05) is 24.2 Å². The second-order valence-electron chi connectivity index (χ2n) is 3.67. The zero-order valence-corrected chi connectivity index (χ0v) is 9.29. The Labute approximate surface area is 85.2 Å². The SMILES string of the molecule is O=C1SCCN1CC1(CBr)CC1. The van der Waals surface area contributed by atoms with Gasteiger partial charge in [0.25, 0.3) is 5.24 Å². The molecular formula is C8H12BrNOS. The summed E-state index contributed by atoms with van der Waals surface area (Å²) in [5, 5.41) is 1.33. The van der Waals surface area contributed by atoms with E-state index in [2.05, 4.69) is 15.9 Å². The predicted molar refractivity (Wildman–Crippen MR) is 54.9 cm³/mol. The lowest BCUT2D eigenvalue weighted by atomic mass is 10.1. The van der Waals surface area contributed by atoms with E-state index in [1.165, 1.54) is 24.6 Å². The van der Waals surface area contributed by atoms with Crippen molar-refractivity contribution in [3.63, 3.8) is 0 Å². The van der Waals surface area contributed by atoms with Crippen LogP contribution < -0.4 is 0 Å². The van der Waals surface area contributed by atoms with Crippen molar-refractivity contribution in [2.75, 3.05) is 24.2 Å². The van der Waals surface area contributed by atoms with Crippen LogP contribution in [0.3, 0.4) is 0 Å². The van der Waals surface area contributed by atoms with Crippen molar-refractivity contribution in [3.8, 4) is 0 Å². The second-order valence-corrected chi connectivity index (χ2v) is 5.28. The first-order valence-electron chi connectivity index (χ1n) is 4.23. The predicted octanol–water partition coefficient (Wildman–Crippen LogP) is 2.33. The molecule has 1 aliphatic heterocycles. The van der Waals surface area contributed by atoms with E-state index in [1.54, 1.807) is 0 Å². The average molecular weight is 250 g/mol. The number of amides is 1. The lowest BCUT2D eigenvalue weighted by molar-refractivity contribution is 0.220. The first-order valence-corrected chi connectivity index (χ1v) is 6.34. The highest BCUT2D eigenvalue weighted by Crippen LogP contribution is 2.48. The van der Waals surface area contributed by atoms with Gasteiger partial charge < -0.3 is 4.90 Å². The van der Waals surface area contributed by atoms with Crippen molar-refractivity contribution in [3.05, 3.63) is 0 Å². The summed E-state index contributed by atoms with van der Waals surface area (Å²) in [6, 6.07) is 0. The molecule has 1 aliphatic carbocycles. The molecule has 0 radical (unpaired) electrons. The van der Waals surface area contributed by atoms with E-state index in [4.69, 9.17) is 0 Å². The number of nitrogens with zero attached hydrogens (tertiary/aromatic N) is 1. The van der Waals surface area contributed by atoms with Crippen molar-refractivity contribution in [2.45, 2.75) is 12.8 Å². The number of hydrogen-bond donors (Lipinski definition) is 0. The Morgan fingerprint density at radius 1 is 1.58 bits per heavy atom. The summed E-state index contributed by atoms with van der Waals surface area (Å²) in [6.07, 6.45) is 2.57. The molecule has 12 heavy (non-hydrogen) atoms. The van der Waals surface area contributed by atoms with Gasteiger partial charge in [-0.15, -0.1) is 0 Å². The van der Waals surface area contributed by atoms with Crippen molar-refractivity contribution in [2.24, 2.45) is 5.41 Å². The molecule has 2 nitrogen and oxygen atoms in total.